The third-order valence-corrected chi connectivity index (χ3v) is 4.33. The van der Waals surface area contributed by atoms with Crippen LogP contribution in [-0.4, -0.2) is 6.54 Å². The highest BCUT2D eigenvalue weighted by Crippen LogP contribution is 2.28. The highest BCUT2D eigenvalue weighted by atomic mass is 127. The number of halogens is 1. The van der Waals surface area contributed by atoms with Crippen molar-refractivity contribution in [3.8, 4) is 0 Å². The van der Waals surface area contributed by atoms with Crippen LogP contribution in [0.3, 0.4) is 0 Å². The largest absolute Gasteiger partial charge is 0.385 e. The van der Waals surface area contributed by atoms with Crippen molar-refractivity contribution in [1.29, 1.82) is 0 Å². The van der Waals surface area contributed by atoms with Gasteiger partial charge in [0, 0.05) is 15.8 Å². The molecule has 2 unspecified atom stereocenters. The third-order valence-electron chi connectivity index (χ3n) is 3.65. The zero-order valence-corrected chi connectivity index (χ0v) is 13.6. The lowest BCUT2D eigenvalue weighted by Crippen LogP contribution is -2.20. The van der Waals surface area contributed by atoms with Gasteiger partial charge in [-0.2, -0.15) is 0 Å². The molecule has 0 heterocycles. The predicted molar refractivity (Wildman–Crippen MR) is 88.0 cm³/mol. The van der Waals surface area contributed by atoms with Gasteiger partial charge in [0.1, 0.15) is 0 Å². The molecule has 2 rings (SSSR count). The van der Waals surface area contributed by atoms with Crippen LogP contribution < -0.4 is 5.32 Å². The Morgan fingerprint density at radius 2 is 2.11 bits per heavy atom. The fraction of sp³-hybridized carbons (Fsp3) is 0.500. The van der Waals surface area contributed by atoms with Gasteiger partial charge in [-0.25, -0.2) is 0 Å². The Bertz CT molecular complexity index is 450. The lowest BCUT2D eigenvalue weighted by atomic mass is 9.83. The van der Waals surface area contributed by atoms with Crippen molar-refractivity contribution in [2.75, 3.05) is 11.9 Å². The fourth-order valence-electron chi connectivity index (χ4n) is 2.92. The summed E-state index contributed by atoms with van der Waals surface area (Å²) in [5, 5.41) is 3.62. The lowest BCUT2D eigenvalue weighted by molar-refractivity contribution is 0.421. The molecule has 1 aliphatic rings. The van der Waals surface area contributed by atoms with Crippen molar-refractivity contribution in [2.45, 2.75) is 33.6 Å². The van der Waals surface area contributed by atoms with Gasteiger partial charge in [0.25, 0.3) is 0 Å². The van der Waals surface area contributed by atoms with E-state index in [0.717, 1.165) is 18.4 Å². The van der Waals surface area contributed by atoms with Crippen LogP contribution in [0.4, 0.5) is 5.69 Å². The molecule has 0 amide bonds. The predicted octanol–water partition coefficient (Wildman–Crippen LogP) is 5.00. The van der Waals surface area contributed by atoms with Crippen LogP contribution in [0.2, 0.25) is 0 Å². The number of hydrogen-bond donors (Lipinski definition) is 1. The molecule has 98 valence electrons. The third kappa shape index (κ3) is 3.74. The van der Waals surface area contributed by atoms with E-state index >= 15 is 0 Å². The summed E-state index contributed by atoms with van der Waals surface area (Å²) in [6.07, 6.45) is 4.99. The summed E-state index contributed by atoms with van der Waals surface area (Å²) in [7, 11) is 0. The monoisotopic (exact) mass is 355 g/mol. The first-order valence-electron chi connectivity index (χ1n) is 6.72. The van der Waals surface area contributed by atoms with Crippen LogP contribution in [0.1, 0.15) is 32.3 Å². The van der Waals surface area contributed by atoms with Crippen LogP contribution in [0.25, 0.3) is 0 Å². The van der Waals surface area contributed by atoms with Crippen LogP contribution in [0.5, 0.6) is 0 Å². The van der Waals surface area contributed by atoms with Crippen LogP contribution >= 0.6 is 22.6 Å². The van der Waals surface area contributed by atoms with E-state index in [2.05, 4.69) is 73.0 Å². The highest BCUT2D eigenvalue weighted by molar-refractivity contribution is 14.1. The molecule has 0 radical (unpaired) electrons. The molecule has 0 saturated carbocycles. The summed E-state index contributed by atoms with van der Waals surface area (Å²) < 4.78 is 1.31. The first-order chi connectivity index (χ1) is 8.54. The number of hydrogen-bond acceptors (Lipinski definition) is 1. The van der Waals surface area contributed by atoms with Crippen molar-refractivity contribution >= 4 is 28.3 Å². The van der Waals surface area contributed by atoms with Crippen molar-refractivity contribution in [2.24, 2.45) is 11.8 Å². The Balaban J connectivity index is 1.94. The molecule has 0 fully saturated rings. The zero-order chi connectivity index (χ0) is 13.1. The number of allylic oxidation sites excluding steroid dienone is 2. The van der Waals surface area contributed by atoms with E-state index < -0.39 is 0 Å². The normalized spacial score (nSPS) is 23.7. The molecule has 0 aliphatic heterocycles. The van der Waals surface area contributed by atoms with E-state index in [9.17, 15) is 0 Å². The number of anilines is 1. The number of benzene rings is 1. The van der Waals surface area contributed by atoms with Crippen molar-refractivity contribution in [1.82, 2.24) is 0 Å². The molecule has 1 aromatic carbocycles. The van der Waals surface area contributed by atoms with Crippen molar-refractivity contribution in [3.63, 3.8) is 0 Å². The first kappa shape index (κ1) is 13.9. The average Bonchev–Trinajstić information content (AvgIpc) is 2.26. The molecule has 1 nitrogen and oxygen atoms in total. The second-order valence-electron chi connectivity index (χ2n) is 5.64. The van der Waals surface area contributed by atoms with Crippen molar-refractivity contribution in [3.05, 3.63) is 39.0 Å². The Morgan fingerprint density at radius 3 is 2.78 bits per heavy atom. The minimum atomic E-state index is 0.739. The van der Waals surface area contributed by atoms with Crippen LogP contribution in [-0.2, 0) is 0 Å². The SMILES string of the molecule is CC1=CC(C)CC(CNc2ccc(I)cc2C)C1. The maximum Gasteiger partial charge on any atom is 0.0370 e. The van der Waals surface area contributed by atoms with E-state index in [1.54, 1.807) is 5.57 Å². The van der Waals surface area contributed by atoms with E-state index in [1.807, 2.05) is 0 Å². The quantitative estimate of drug-likeness (QED) is 0.594. The van der Waals surface area contributed by atoms with Crippen molar-refractivity contribution < 1.29 is 0 Å². The summed E-state index contributed by atoms with van der Waals surface area (Å²) in [6, 6.07) is 6.61. The molecule has 0 aromatic heterocycles. The Labute approximate surface area is 124 Å². The molecule has 0 saturated heterocycles. The molecular weight excluding hydrogens is 333 g/mol. The summed E-state index contributed by atoms with van der Waals surface area (Å²) in [6.45, 7) is 7.86. The van der Waals surface area contributed by atoms with E-state index in [-0.39, 0.29) is 0 Å². The average molecular weight is 355 g/mol. The van der Waals surface area contributed by atoms with Gasteiger partial charge in [-0.3, -0.25) is 0 Å². The molecule has 1 aromatic rings. The van der Waals surface area contributed by atoms with Gasteiger partial charge in [-0.15, -0.1) is 0 Å². The molecule has 2 heteroatoms. The fourth-order valence-corrected chi connectivity index (χ4v) is 3.57. The smallest absolute Gasteiger partial charge is 0.0370 e. The Hall–Kier alpha value is -0.510. The molecule has 18 heavy (non-hydrogen) atoms. The van der Waals surface area contributed by atoms with Gasteiger partial charge in [0.2, 0.25) is 0 Å². The lowest BCUT2D eigenvalue weighted by Gasteiger charge is -2.26. The van der Waals surface area contributed by atoms with E-state index in [0.29, 0.717) is 0 Å². The molecule has 0 bridgehead atoms. The van der Waals surface area contributed by atoms with Gasteiger partial charge >= 0.3 is 0 Å². The van der Waals surface area contributed by atoms with Gasteiger partial charge in [-0.1, -0.05) is 18.6 Å². The molecule has 1 N–H and O–H groups in total. The maximum absolute atomic E-state index is 3.62. The summed E-state index contributed by atoms with van der Waals surface area (Å²) in [4.78, 5) is 0. The number of aryl methyl sites for hydroxylation is 1. The minimum Gasteiger partial charge on any atom is -0.385 e. The Kier molecular flexibility index (Phi) is 4.71. The zero-order valence-electron chi connectivity index (χ0n) is 11.5. The highest BCUT2D eigenvalue weighted by Gasteiger charge is 2.17. The van der Waals surface area contributed by atoms with Crippen LogP contribution in [0, 0.1) is 22.3 Å². The second-order valence-corrected chi connectivity index (χ2v) is 6.88. The first-order valence-corrected chi connectivity index (χ1v) is 7.80. The molecule has 1 aliphatic carbocycles. The number of nitrogens with one attached hydrogen (secondary N) is 1. The molecular formula is C16H22IN. The topological polar surface area (TPSA) is 12.0 Å². The minimum absolute atomic E-state index is 0.739. The number of rotatable bonds is 3. The van der Waals surface area contributed by atoms with Crippen LogP contribution in [0.15, 0.2) is 29.8 Å². The van der Waals surface area contributed by atoms with Gasteiger partial charge in [0.05, 0.1) is 0 Å². The summed E-state index contributed by atoms with van der Waals surface area (Å²) in [5.74, 6) is 1.52. The summed E-state index contributed by atoms with van der Waals surface area (Å²) in [5.41, 5.74) is 4.19. The summed E-state index contributed by atoms with van der Waals surface area (Å²) >= 11 is 2.36. The van der Waals surface area contributed by atoms with E-state index in [1.165, 1.54) is 27.7 Å². The molecule has 2 atom stereocenters. The van der Waals surface area contributed by atoms with Gasteiger partial charge < -0.3 is 5.32 Å². The van der Waals surface area contributed by atoms with E-state index in [4.69, 9.17) is 0 Å². The Morgan fingerprint density at radius 1 is 1.33 bits per heavy atom. The second kappa shape index (κ2) is 6.09. The van der Waals surface area contributed by atoms with Gasteiger partial charge in [-0.05, 0) is 84.9 Å². The maximum atomic E-state index is 3.62. The van der Waals surface area contributed by atoms with Gasteiger partial charge in [0.15, 0.2) is 0 Å². The standard InChI is InChI=1S/C16H22IN/c1-11-6-12(2)8-14(7-11)10-18-16-5-4-15(17)9-13(16)3/h4-6,9,11,14,18H,7-8,10H2,1-3H3. The molecule has 0 spiro atoms.